The van der Waals surface area contributed by atoms with Gasteiger partial charge in [-0.2, -0.15) is 0 Å². The van der Waals surface area contributed by atoms with Crippen LogP contribution in [0, 0.1) is 0 Å². The van der Waals surface area contributed by atoms with E-state index in [1.54, 1.807) is 0 Å². The molecule has 1 atom stereocenters. The van der Waals surface area contributed by atoms with Gasteiger partial charge < -0.3 is 10.2 Å². The maximum atomic E-state index is 3.63. The Bertz CT molecular complexity index is 189. The summed E-state index contributed by atoms with van der Waals surface area (Å²) >= 11 is 0. The van der Waals surface area contributed by atoms with Crippen LogP contribution >= 0.6 is 0 Å². The number of nitrogens with one attached hydrogen (secondary N) is 1. The molecule has 1 saturated heterocycles. The molecule has 90 valence electrons. The first-order valence-electron chi connectivity index (χ1n) is 6.08. The van der Waals surface area contributed by atoms with E-state index < -0.39 is 0 Å². The van der Waals surface area contributed by atoms with Crippen LogP contribution in [0.1, 0.15) is 27.2 Å². The van der Waals surface area contributed by atoms with Crippen molar-refractivity contribution in [1.82, 2.24) is 15.1 Å². The Morgan fingerprint density at radius 3 is 2.60 bits per heavy atom. The summed E-state index contributed by atoms with van der Waals surface area (Å²) in [7, 11) is 4.31. The predicted octanol–water partition coefficient (Wildman–Crippen LogP) is 1.01. The van der Waals surface area contributed by atoms with Crippen molar-refractivity contribution in [3.63, 3.8) is 0 Å². The number of rotatable bonds is 4. The van der Waals surface area contributed by atoms with Crippen molar-refractivity contribution >= 4 is 0 Å². The predicted molar refractivity (Wildman–Crippen MR) is 66.3 cm³/mol. The molecule has 0 aromatic rings. The summed E-state index contributed by atoms with van der Waals surface area (Å²) in [5, 5.41) is 3.63. The maximum absolute atomic E-state index is 3.63. The third kappa shape index (κ3) is 4.09. The minimum absolute atomic E-state index is 0.276. The van der Waals surface area contributed by atoms with E-state index in [-0.39, 0.29) is 5.54 Å². The second-order valence-corrected chi connectivity index (χ2v) is 5.65. The molecule has 1 unspecified atom stereocenters. The summed E-state index contributed by atoms with van der Waals surface area (Å²) in [4.78, 5) is 4.92. The number of piperazine rings is 1. The first kappa shape index (κ1) is 12.9. The summed E-state index contributed by atoms with van der Waals surface area (Å²) in [5.74, 6) is 0. The first-order valence-corrected chi connectivity index (χ1v) is 6.08. The molecule has 0 aliphatic carbocycles. The third-order valence-electron chi connectivity index (χ3n) is 3.02. The number of nitrogens with zero attached hydrogens (tertiary/aromatic N) is 2. The summed E-state index contributed by atoms with van der Waals surface area (Å²) < 4.78 is 0. The van der Waals surface area contributed by atoms with E-state index in [0.717, 1.165) is 13.1 Å². The molecular weight excluding hydrogens is 186 g/mol. The molecule has 1 heterocycles. The average molecular weight is 213 g/mol. The molecule has 1 N–H and O–H groups in total. The van der Waals surface area contributed by atoms with E-state index in [1.165, 1.54) is 19.5 Å². The Morgan fingerprint density at radius 2 is 2.07 bits per heavy atom. The van der Waals surface area contributed by atoms with E-state index in [1.807, 2.05) is 0 Å². The SMILES string of the molecule is CCCN1CC(C)(C)NCC1CN(C)C. The lowest BCUT2D eigenvalue weighted by Gasteiger charge is -2.45. The molecule has 0 radical (unpaired) electrons. The standard InChI is InChI=1S/C12H27N3/c1-6-7-15-10-12(2,3)13-8-11(15)9-14(4)5/h11,13H,6-10H2,1-5H3. The van der Waals surface area contributed by atoms with Crippen molar-refractivity contribution in [2.24, 2.45) is 0 Å². The molecule has 15 heavy (non-hydrogen) atoms. The quantitative estimate of drug-likeness (QED) is 0.752. The molecule has 0 saturated carbocycles. The van der Waals surface area contributed by atoms with Crippen LogP contribution in [0.15, 0.2) is 0 Å². The minimum Gasteiger partial charge on any atom is -0.309 e. The fourth-order valence-corrected chi connectivity index (χ4v) is 2.37. The van der Waals surface area contributed by atoms with Gasteiger partial charge in [0.1, 0.15) is 0 Å². The lowest BCUT2D eigenvalue weighted by atomic mass is 9.98. The Balaban J connectivity index is 2.55. The van der Waals surface area contributed by atoms with Crippen LogP contribution in [-0.4, -0.2) is 61.7 Å². The van der Waals surface area contributed by atoms with E-state index in [2.05, 4.69) is 50.0 Å². The Labute approximate surface area is 94.8 Å². The second kappa shape index (κ2) is 5.28. The van der Waals surface area contributed by atoms with Crippen molar-refractivity contribution in [3.05, 3.63) is 0 Å². The molecular formula is C12H27N3. The zero-order valence-electron chi connectivity index (χ0n) is 11.0. The first-order chi connectivity index (χ1) is 6.94. The Hall–Kier alpha value is -0.120. The number of likely N-dealkylation sites (N-methyl/N-ethyl adjacent to an activating group) is 1. The van der Waals surface area contributed by atoms with Gasteiger partial charge in [-0.25, -0.2) is 0 Å². The van der Waals surface area contributed by atoms with Gasteiger partial charge in [-0.1, -0.05) is 6.92 Å². The highest BCUT2D eigenvalue weighted by molar-refractivity contribution is 4.92. The van der Waals surface area contributed by atoms with Gasteiger partial charge in [0.05, 0.1) is 0 Å². The molecule has 1 aliphatic rings. The van der Waals surface area contributed by atoms with Gasteiger partial charge in [-0.05, 0) is 40.9 Å². The van der Waals surface area contributed by atoms with Crippen LogP contribution in [0.5, 0.6) is 0 Å². The summed E-state index contributed by atoms with van der Waals surface area (Å²) in [6.07, 6.45) is 1.25. The van der Waals surface area contributed by atoms with Gasteiger partial charge in [0, 0.05) is 31.2 Å². The van der Waals surface area contributed by atoms with Gasteiger partial charge >= 0.3 is 0 Å². The van der Waals surface area contributed by atoms with Crippen molar-refractivity contribution in [3.8, 4) is 0 Å². The summed E-state index contributed by atoms with van der Waals surface area (Å²) in [6.45, 7) is 11.5. The van der Waals surface area contributed by atoms with Crippen LogP contribution < -0.4 is 5.32 Å². The average Bonchev–Trinajstić information content (AvgIpc) is 2.09. The van der Waals surface area contributed by atoms with Crippen LogP contribution in [0.4, 0.5) is 0 Å². The fraction of sp³-hybridized carbons (Fsp3) is 1.00. The van der Waals surface area contributed by atoms with Crippen molar-refractivity contribution in [2.75, 3.05) is 40.3 Å². The largest absolute Gasteiger partial charge is 0.309 e. The van der Waals surface area contributed by atoms with Gasteiger partial charge in [-0.3, -0.25) is 4.90 Å². The maximum Gasteiger partial charge on any atom is 0.0348 e. The van der Waals surface area contributed by atoms with E-state index in [9.17, 15) is 0 Å². The molecule has 0 amide bonds. The molecule has 1 rings (SSSR count). The molecule has 3 nitrogen and oxygen atoms in total. The molecule has 0 aromatic carbocycles. The second-order valence-electron chi connectivity index (χ2n) is 5.65. The highest BCUT2D eigenvalue weighted by Gasteiger charge is 2.31. The van der Waals surface area contributed by atoms with Crippen LogP contribution in [0.3, 0.4) is 0 Å². The minimum atomic E-state index is 0.276. The topological polar surface area (TPSA) is 18.5 Å². The monoisotopic (exact) mass is 213 g/mol. The lowest BCUT2D eigenvalue weighted by Crippen LogP contribution is -2.63. The number of hydrogen-bond donors (Lipinski definition) is 1. The van der Waals surface area contributed by atoms with Crippen LogP contribution in [0.25, 0.3) is 0 Å². The van der Waals surface area contributed by atoms with Gasteiger partial charge in [0.15, 0.2) is 0 Å². The zero-order chi connectivity index (χ0) is 11.5. The van der Waals surface area contributed by atoms with Gasteiger partial charge in [-0.15, -0.1) is 0 Å². The van der Waals surface area contributed by atoms with Gasteiger partial charge in [0.2, 0.25) is 0 Å². The highest BCUT2D eigenvalue weighted by Crippen LogP contribution is 2.15. The van der Waals surface area contributed by atoms with E-state index in [0.29, 0.717) is 6.04 Å². The van der Waals surface area contributed by atoms with Gasteiger partial charge in [0.25, 0.3) is 0 Å². The third-order valence-corrected chi connectivity index (χ3v) is 3.02. The van der Waals surface area contributed by atoms with E-state index in [4.69, 9.17) is 0 Å². The summed E-state index contributed by atoms with van der Waals surface area (Å²) in [6, 6.07) is 0.674. The lowest BCUT2D eigenvalue weighted by molar-refractivity contribution is 0.0788. The highest BCUT2D eigenvalue weighted by atomic mass is 15.3. The van der Waals surface area contributed by atoms with Crippen LogP contribution in [0.2, 0.25) is 0 Å². The molecule has 1 aliphatic heterocycles. The van der Waals surface area contributed by atoms with Crippen molar-refractivity contribution in [1.29, 1.82) is 0 Å². The molecule has 0 aromatic heterocycles. The molecule has 0 bridgehead atoms. The molecule has 1 fully saturated rings. The Morgan fingerprint density at radius 1 is 1.40 bits per heavy atom. The van der Waals surface area contributed by atoms with E-state index >= 15 is 0 Å². The Kier molecular flexibility index (Phi) is 4.56. The zero-order valence-corrected chi connectivity index (χ0v) is 11.0. The fourth-order valence-electron chi connectivity index (χ4n) is 2.37. The van der Waals surface area contributed by atoms with Crippen molar-refractivity contribution in [2.45, 2.75) is 38.8 Å². The smallest absolute Gasteiger partial charge is 0.0348 e. The summed E-state index contributed by atoms with van der Waals surface area (Å²) in [5.41, 5.74) is 0.276. The number of hydrogen-bond acceptors (Lipinski definition) is 3. The van der Waals surface area contributed by atoms with Crippen molar-refractivity contribution < 1.29 is 0 Å². The molecule has 0 spiro atoms. The normalized spacial score (nSPS) is 27.2. The van der Waals surface area contributed by atoms with Crippen LogP contribution in [-0.2, 0) is 0 Å². The molecule has 3 heteroatoms.